The first kappa shape index (κ1) is 9.00. The number of aliphatic hydroxyl groups is 1. The van der Waals surface area contributed by atoms with Crippen molar-refractivity contribution in [3.63, 3.8) is 0 Å². The van der Waals surface area contributed by atoms with E-state index < -0.39 is 6.10 Å². The summed E-state index contributed by atoms with van der Waals surface area (Å²) < 4.78 is 0. The van der Waals surface area contributed by atoms with Crippen molar-refractivity contribution >= 4 is 5.82 Å². The van der Waals surface area contributed by atoms with Crippen molar-refractivity contribution in [2.45, 2.75) is 25.9 Å². The van der Waals surface area contributed by atoms with Gasteiger partial charge in [-0.25, -0.2) is 4.98 Å². The van der Waals surface area contributed by atoms with Gasteiger partial charge in [0.05, 0.1) is 6.10 Å². The maximum atomic E-state index is 9.58. The minimum absolute atomic E-state index is 0.429. The van der Waals surface area contributed by atoms with Gasteiger partial charge in [0.15, 0.2) is 0 Å². The summed E-state index contributed by atoms with van der Waals surface area (Å²) in [5, 5.41) is 9.58. The molecule has 12 heavy (non-hydrogen) atoms. The molecule has 0 spiro atoms. The highest BCUT2D eigenvalue weighted by atomic mass is 16.3. The van der Waals surface area contributed by atoms with Gasteiger partial charge < -0.3 is 10.8 Å². The fourth-order valence-electron chi connectivity index (χ4n) is 1.14. The highest BCUT2D eigenvalue weighted by Crippen LogP contribution is 2.21. The van der Waals surface area contributed by atoms with E-state index in [2.05, 4.69) is 4.98 Å². The van der Waals surface area contributed by atoms with Crippen LogP contribution in [0.25, 0.3) is 0 Å². The fourth-order valence-corrected chi connectivity index (χ4v) is 1.14. The minimum atomic E-state index is -0.469. The van der Waals surface area contributed by atoms with Crippen LogP contribution in [0.15, 0.2) is 18.3 Å². The molecule has 0 aliphatic carbocycles. The Morgan fingerprint density at radius 3 is 3.00 bits per heavy atom. The first-order valence-electron chi connectivity index (χ1n) is 4.14. The molecule has 3 nitrogen and oxygen atoms in total. The second-order valence-electron chi connectivity index (χ2n) is 2.78. The second kappa shape index (κ2) is 4.07. The number of anilines is 1. The predicted octanol–water partition coefficient (Wildman–Crippen LogP) is 1.50. The fraction of sp³-hybridized carbons (Fsp3) is 0.444. The topological polar surface area (TPSA) is 59.1 Å². The van der Waals surface area contributed by atoms with Crippen LogP contribution < -0.4 is 5.73 Å². The molecule has 1 rings (SSSR count). The molecule has 0 saturated heterocycles. The summed E-state index contributed by atoms with van der Waals surface area (Å²) >= 11 is 0. The number of rotatable bonds is 3. The van der Waals surface area contributed by atoms with Gasteiger partial charge in [-0.3, -0.25) is 0 Å². The first-order valence-corrected chi connectivity index (χ1v) is 4.14. The standard InChI is InChI=1S/C9H14N2O/c1-2-4-8(12)7-5-3-6-11-9(7)10/h3,5-6,8,12H,2,4H2,1H3,(H2,10,11). The Morgan fingerprint density at radius 1 is 1.67 bits per heavy atom. The summed E-state index contributed by atoms with van der Waals surface area (Å²) in [6.07, 6.45) is 2.83. The minimum Gasteiger partial charge on any atom is -0.388 e. The Hall–Kier alpha value is -1.09. The van der Waals surface area contributed by atoms with Gasteiger partial charge in [-0.05, 0) is 12.5 Å². The third-order valence-corrected chi connectivity index (χ3v) is 1.79. The van der Waals surface area contributed by atoms with Crippen LogP contribution in [0.4, 0.5) is 5.82 Å². The van der Waals surface area contributed by atoms with Crippen LogP contribution in [-0.4, -0.2) is 10.1 Å². The third kappa shape index (κ3) is 1.95. The molecule has 0 aliphatic heterocycles. The number of nitrogens with two attached hydrogens (primary N) is 1. The van der Waals surface area contributed by atoms with E-state index in [1.807, 2.05) is 13.0 Å². The first-order chi connectivity index (χ1) is 5.75. The van der Waals surface area contributed by atoms with Gasteiger partial charge in [-0.15, -0.1) is 0 Å². The normalized spacial score (nSPS) is 12.8. The summed E-state index contributed by atoms with van der Waals surface area (Å²) in [5.74, 6) is 0.429. The van der Waals surface area contributed by atoms with E-state index in [-0.39, 0.29) is 0 Å². The Balaban J connectivity index is 2.79. The number of pyridine rings is 1. The van der Waals surface area contributed by atoms with Crippen molar-refractivity contribution in [3.05, 3.63) is 23.9 Å². The van der Waals surface area contributed by atoms with E-state index in [1.54, 1.807) is 12.3 Å². The Bertz CT molecular complexity index is 250. The molecular weight excluding hydrogens is 152 g/mol. The van der Waals surface area contributed by atoms with Gasteiger partial charge in [-0.2, -0.15) is 0 Å². The van der Waals surface area contributed by atoms with E-state index in [0.717, 1.165) is 18.4 Å². The molecule has 1 aromatic heterocycles. The van der Waals surface area contributed by atoms with Crippen LogP contribution in [0.3, 0.4) is 0 Å². The summed E-state index contributed by atoms with van der Waals surface area (Å²) in [5.41, 5.74) is 6.32. The summed E-state index contributed by atoms with van der Waals surface area (Å²) in [6, 6.07) is 3.59. The van der Waals surface area contributed by atoms with Gasteiger partial charge in [-0.1, -0.05) is 19.4 Å². The molecule has 66 valence electrons. The quantitative estimate of drug-likeness (QED) is 0.715. The van der Waals surface area contributed by atoms with E-state index in [0.29, 0.717) is 5.82 Å². The number of nitrogens with zero attached hydrogens (tertiary/aromatic N) is 1. The van der Waals surface area contributed by atoms with Gasteiger partial charge >= 0.3 is 0 Å². The summed E-state index contributed by atoms with van der Waals surface area (Å²) in [7, 11) is 0. The number of aliphatic hydroxyl groups excluding tert-OH is 1. The molecule has 0 fully saturated rings. The monoisotopic (exact) mass is 166 g/mol. The average Bonchev–Trinajstić information content (AvgIpc) is 2.05. The van der Waals surface area contributed by atoms with Crippen molar-refractivity contribution in [1.82, 2.24) is 4.98 Å². The summed E-state index contributed by atoms with van der Waals surface area (Å²) in [4.78, 5) is 3.90. The van der Waals surface area contributed by atoms with Crippen LogP contribution in [0.2, 0.25) is 0 Å². The zero-order chi connectivity index (χ0) is 8.97. The lowest BCUT2D eigenvalue weighted by Gasteiger charge is -2.10. The van der Waals surface area contributed by atoms with E-state index in [1.165, 1.54) is 0 Å². The molecule has 1 unspecified atom stereocenters. The number of hydrogen-bond acceptors (Lipinski definition) is 3. The molecule has 0 aliphatic rings. The molecule has 1 atom stereocenters. The number of aromatic nitrogens is 1. The average molecular weight is 166 g/mol. The van der Waals surface area contributed by atoms with E-state index in [9.17, 15) is 5.11 Å². The molecular formula is C9H14N2O. The van der Waals surface area contributed by atoms with Gasteiger partial charge in [0.25, 0.3) is 0 Å². The van der Waals surface area contributed by atoms with Crippen LogP contribution in [0.1, 0.15) is 31.4 Å². The molecule has 1 heterocycles. The zero-order valence-corrected chi connectivity index (χ0v) is 7.20. The smallest absolute Gasteiger partial charge is 0.129 e. The van der Waals surface area contributed by atoms with Crippen LogP contribution in [0, 0.1) is 0 Å². The highest BCUT2D eigenvalue weighted by Gasteiger charge is 2.09. The molecule has 0 amide bonds. The summed E-state index contributed by atoms with van der Waals surface area (Å²) in [6.45, 7) is 2.02. The lowest BCUT2D eigenvalue weighted by Crippen LogP contribution is -2.03. The molecule has 1 aromatic rings. The Morgan fingerprint density at radius 2 is 2.42 bits per heavy atom. The number of hydrogen-bond donors (Lipinski definition) is 2. The second-order valence-corrected chi connectivity index (χ2v) is 2.78. The van der Waals surface area contributed by atoms with Crippen molar-refractivity contribution < 1.29 is 5.11 Å². The maximum absolute atomic E-state index is 9.58. The van der Waals surface area contributed by atoms with Crippen LogP contribution in [0.5, 0.6) is 0 Å². The lowest BCUT2D eigenvalue weighted by molar-refractivity contribution is 0.167. The molecule has 3 N–H and O–H groups in total. The van der Waals surface area contributed by atoms with Gasteiger partial charge in [0.2, 0.25) is 0 Å². The molecule has 0 aromatic carbocycles. The molecule has 0 radical (unpaired) electrons. The van der Waals surface area contributed by atoms with Crippen molar-refractivity contribution in [1.29, 1.82) is 0 Å². The Labute approximate surface area is 72.2 Å². The number of nitrogen functional groups attached to an aromatic ring is 1. The largest absolute Gasteiger partial charge is 0.388 e. The molecule has 0 saturated carbocycles. The van der Waals surface area contributed by atoms with E-state index >= 15 is 0 Å². The van der Waals surface area contributed by atoms with Crippen molar-refractivity contribution in [2.75, 3.05) is 5.73 Å². The van der Waals surface area contributed by atoms with Crippen LogP contribution >= 0.6 is 0 Å². The highest BCUT2D eigenvalue weighted by molar-refractivity contribution is 5.39. The van der Waals surface area contributed by atoms with E-state index in [4.69, 9.17) is 5.73 Å². The SMILES string of the molecule is CCCC(O)c1cccnc1N. The van der Waals surface area contributed by atoms with Gasteiger partial charge in [0.1, 0.15) is 5.82 Å². The van der Waals surface area contributed by atoms with Crippen molar-refractivity contribution in [2.24, 2.45) is 0 Å². The Kier molecular flexibility index (Phi) is 3.05. The predicted molar refractivity (Wildman–Crippen MR) is 48.5 cm³/mol. The maximum Gasteiger partial charge on any atom is 0.129 e. The van der Waals surface area contributed by atoms with Gasteiger partial charge in [0, 0.05) is 11.8 Å². The van der Waals surface area contributed by atoms with Crippen LogP contribution in [-0.2, 0) is 0 Å². The molecule has 0 bridgehead atoms. The van der Waals surface area contributed by atoms with Crippen molar-refractivity contribution in [3.8, 4) is 0 Å². The lowest BCUT2D eigenvalue weighted by atomic mass is 10.1. The third-order valence-electron chi connectivity index (χ3n) is 1.79. The zero-order valence-electron chi connectivity index (χ0n) is 7.20. The molecule has 3 heteroatoms.